The van der Waals surface area contributed by atoms with Gasteiger partial charge in [0.05, 0.1) is 7.11 Å². The number of methoxy groups -OCH3 is 1. The molecule has 0 radical (unpaired) electrons. The molecule has 1 rings (SSSR count). The molecule has 0 aromatic carbocycles. The van der Waals surface area contributed by atoms with Gasteiger partial charge in [-0.25, -0.2) is 0 Å². The van der Waals surface area contributed by atoms with Gasteiger partial charge in [0.15, 0.2) is 0 Å². The Morgan fingerprint density at radius 3 is 2.72 bits per heavy atom. The van der Waals surface area contributed by atoms with Crippen LogP contribution in [0.25, 0.3) is 0 Å². The summed E-state index contributed by atoms with van der Waals surface area (Å²) in [6.07, 6.45) is 4.18. The highest BCUT2D eigenvalue weighted by molar-refractivity contribution is 5.79. The highest BCUT2D eigenvalue weighted by Crippen LogP contribution is 2.23. The zero-order valence-electron chi connectivity index (χ0n) is 12.2. The van der Waals surface area contributed by atoms with Crippen LogP contribution in [0.15, 0.2) is 0 Å². The number of carbonyl (C=O) groups excluding carboxylic acids is 1. The van der Waals surface area contributed by atoms with Gasteiger partial charge < -0.3 is 15.4 Å². The van der Waals surface area contributed by atoms with Crippen molar-refractivity contribution < 1.29 is 9.53 Å². The number of ether oxygens (including phenoxy) is 1. The molecule has 1 fully saturated rings. The van der Waals surface area contributed by atoms with Crippen molar-refractivity contribution in [2.24, 2.45) is 11.7 Å². The summed E-state index contributed by atoms with van der Waals surface area (Å²) < 4.78 is 4.72. The fraction of sp³-hybridized carbons (Fsp3) is 0.929. The Hall–Kier alpha value is -0.610. The lowest BCUT2D eigenvalue weighted by atomic mass is 9.92. The molecule has 18 heavy (non-hydrogen) atoms. The molecule has 0 aliphatic carbocycles. The molecule has 1 aliphatic heterocycles. The van der Waals surface area contributed by atoms with Gasteiger partial charge in [-0.15, -0.1) is 0 Å². The van der Waals surface area contributed by atoms with Gasteiger partial charge in [-0.3, -0.25) is 4.79 Å². The molecule has 0 spiro atoms. The Kier molecular flexibility index (Phi) is 5.60. The quantitative estimate of drug-likeness (QED) is 0.762. The molecule has 0 amide bonds. The van der Waals surface area contributed by atoms with E-state index in [4.69, 9.17) is 10.5 Å². The zero-order chi connectivity index (χ0) is 13.8. The van der Waals surface area contributed by atoms with E-state index in [2.05, 4.69) is 18.7 Å². The van der Waals surface area contributed by atoms with Crippen LogP contribution in [0.2, 0.25) is 0 Å². The zero-order valence-corrected chi connectivity index (χ0v) is 12.2. The molecule has 106 valence electrons. The molecule has 1 heterocycles. The number of nitrogens with zero attached hydrogens (tertiary/aromatic N) is 1. The predicted molar refractivity (Wildman–Crippen MR) is 73.3 cm³/mol. The van der Waals surface area contributed by atoms with Gasteiger partial charge in [0.1, 0.15) is 5.54 Å². The minimum atomic E-state index is -0.846. The van der Waals surface area contributed by atoms with Crippen molar-refractivity contribution in [3.63, 3.8) is 0 Å². The fourth-order valence-corrected chi connectivity index (χ4v) is 2.77. The van der Waals surface area contributed by atoms with Gasteiger partial charge in [-0.1, -0.05) is 6.92 Å². The summed E-state index contributed by atoms with van der Waals surface area (Å²) in [4.78, 5) is 14.0. The number of nitrogens with two attached hydrogens (primary N) is 1. The van der Waals surface area contributed by atoms with Crippen molar-refractivity contribution in [2.45, 2.75) is 58.0 Å². The van der Waals surface area contributed by atoms with Crippen LogP contribution >= 0.6 is 0 Å². The van der Waals surface area contributed by atoms with Crippen LogP contribution in [0.3, 0.4) is 0 Å². The molecule has 0 saturated carbocycles. The van der Waals surface area contributed by atoms with Crippen molar-refractivity contribution in [1.82, 2.24) is 4.90 Å². The molecule has 0 aromatic heterocycles. The van der Waals surface area contributed by atoms with Crippen LogP contribution in [-0.2, 0) is 9.53 Å². The molecule has 3 unspecified atom stereocenters. The maximum Gasteiger partial charge on any atom is 0.325 e. The second kappa shape index (κ2) is 6.53. The number of hydrogen-bond donors (Lipinski definition) is 1. The minimum Gasteiger partial charge on any atom is -0.468 e. The lowest BCUT2D eigenvalue weighted by Gasteiger charge is -2.37. The Bertz CT molecular complexity index is 279. The molecule has 1 aliphatic rings. The summed E-state index contributed by atoms with van der Waals surface area (Å²) in [7, 11) is 1.39. The Labute approximate surface area is 111 Å². The van der Waals surface area contributed by atoms with E-state index in [1.54, 1.807) is 6.92 Å². The van der Waals surface area contributed by atoms with Crippen molar-refractivity contribution in [2.75, 3.05) is 20.2 Å². The summed E-state index contributed by atoms with van der Waals surface area (Å²) in [5.41, 5.74) is 5.10. The molecule has 4 heteroatoms. The van der Waals surface area contributed by atoms with Crippen LogP contribution < -0.4 is 5.73 Å². The lowest BCUT2D eigenvalue weighted by molar-refractivity contribution is -0.146. The van der Waals surface area contributed by atoms with E-state index >= 15 is 0 Å². The molecule has 0 aromatic rings. The topological polar surface area (TPSA) is 55.6 Å². The summed E-state index contributed by atoms with van der Waals surface area (Å²) in [5, 5.41) is 0. The van der Waals surface area contributed by atoms with Gasteiger partial charge in [0, 0.05) is 6.04 Å². The molecular weight excluding hydrogens is 228 g/mol. The first kappa shape index (κ1) is 15.4. The van der Waals surface area contributed by atoms with E-state index in [-0.39, 0.29) is 5.97 Å². The minimum absolute atomic E-state index is 0.317. The molecule has 0 bridgehead atoms. The second-order valence-electron chi connectivity index (χ2n) is 6.03. The summed E-state index contributed by atoms with van der Waals surface area (Å²) >= 11 is 0. The van der Waals surface area contributed by atoms with E-state index in [0.29, 0.717) is 12.5 Å². The fourth-order valence-electron chi connectivity index (χ4n) is 2.77. The maximum atomic E-state index is 11.5. The Balaban J connectivity index is 2.31. The van der Waals surface area contributed by atoms with Gasteiger partial charge in [0.25, 0.3) is 0 Å². The number of rotatable bonds is 5. The number of esters is 1. The highest BCUT2D eigenvalue weighted by atomic mass is 16.5. The van der Waals surface area contributed by atoms with Gasteiger partial charge in [-0.05, 0) is 58.5 Å². The molecule has 3 atom stereocenters. The van der Waals surface area contributed by atoms with Crippen molar-refractivity contribution in [3.8, 4) is 0 Å². The highest BCUT2D eigenvalue weighted by Gasteiger charge is 2.29. The second-order valence-corrected chi connectivity index (χ2v) is 6.03. The molecule has 4 nitrogen and oxygen atoms in total. The monoisotopic (exact) mass is 256 g/mol. The summed E-state index contributed by atoms with van der Waals surface area (Å²) in [6.45, 7) is 8.56. The van der Waals surface area contributed by atoms with Crippen LogP contribution in [0.5, 0.6) is 0 Å². The van der Waals surface area contributed by atoms with Gasteiger partial charge in [-0.2, -0.15) is 0 Å². The third-order valence-electron chi connectivity index (χ3n) is 4.07. The lowest BCUT2D eigenvalue weighted by Crippen LogP contribution is -2.47. The number of carbonyl (C=O) groups is 1. The van der Waals surface area contributed by atoms with E-state index < -0.39 is 5.54 Å². The molecule has 1 saturated heterocycles. The largest absolute Gasteiger partial charge is 0.468 e. The van der Waals surface area contributed by atoms with Crippen molar-refractivity contribution in [1.29, 1.82) is 0 Å². The first-order chi connectivity index (χ1) is 8.36. The van der Waals surface area contributed by atoms with E-state index in [1.807, 2.05) is 0 Å². The number of likely N-dealkylation sites (tertiary alicyclic amines) is 1. The standard InChI is InChI=1S/C14H28N2O2/c1-11-6-9-16(12(2)10-11)8-5-7-14(3,15)13(17)18-4/h11-12H,5-10,15H2,1-4H3. The number of hydrogen-bond acceptors (Lipinski definition) is 4. The van der Waals surface area contributed by atoms with E-state index in [9.17, 15) is 4.79 Å². The van der Waals surface area contributed by atoms with Crippen LogP contribution in [0.1, 0.15) is 46.5 Å². The third kappa shape index (κ3) is 4.25. The molecular formula is C14H28N2O2. The maximum absolute atomic E-state index is 11.5. The third-order valence-corrected chi connectivity index (χ3v) is 4.07. The van der Waals surface area contributed by atoms with Crippen LogP contribution in [0.4, 0.5) is 0 Å². The average molecular weight is 256 g/mol. The van der Waals surface area contributed by atoms with Crippen LogP contribution in [-0.4, -0.2) is 42.6 Å². The normalized spacial score (nSPS) is 28.7. The first-order valence-corrected chi connectivity index (χ1v) is 6.98. The smallest absolute Gasteiger partial charge is 0.325 e. The van der Waals surface area contributed by atoms with E-state index in [0.717, 1.165) is 18.9 Å². The van der Waals surface area contributed by atoms with Crippen molar-refractivity contribution >= 4 is 5.97 Å². The first-order valence-electron chi connectivity index (χ1n) is 6.98. The number of piperidine rings is 1. The Morgan fingerprint density at radius 1 is 1.50 bits per heavy atom. The van der Waals surface area contributed by atoms with E-state index in [1.165, 1.54) is 26.5 Å². The summed E-state index contributed by atoms with van der Waals surface area (Å²) in [5.74, 6) is 0.522. The average Bonchev–Trinajstić information content (AvgIpc) is 2.30. The molecule has 2 N–H and O–H groups in total. The Morgan fingerprint density at radius 2 is 2.17 bits per heavy atom. The van der Waals surface area contributed by atoms with Crippen LogP contribution in [0, 0.1) is 5.92 Å². The van der Waals surface area contributed by atoms with Crippen molar-refractivity contribution in [3.05, 3.63) is 0 Å². The predicted octanol–water partition coefficient (Wildman–Crippen LogP) is 1.78. The summed E-state index contributed by atoms with van der Waals surface area (Å²) in [6, 6.07) is 0.649. The van der Waals surface area contributed by atoms with Gasteiger partial charge in [0.2, 0.25) is 0 Å². The SMILES string of the molecule is COC(=O)C(C)(N)CCCN1CCC(C)CC1C. The van der Waals surface area contributed by atoms with Gasteiger partial charge >= 0.3 is 5.97 Å².